The van der Waals surface area contributed by atoms with Gasteiger partial charge in [-0.25, -0.2) is 4.98 Å². The molecule has 108 valence electrons. The Bertz CT molecular complexity index is 422. The molecule has 0 fully saturated rings. The number of amides is 1. The van der Waals surface area contributed by atoms with E-state index in [2.05, 4.69) is 17.2 Å². The normalized spacial score (nSPS) is 12.2. The SMILES string of the molecule is CCSCC(C)NC(=O)c1sc(N(C)CC)nc1N. The predicted octanol–water partition coefficient (Wildman–Crippen LogP) is 2.05. The van der Waals surface area contributed by atoms with Gasteiger partial charge >= 0.3 is 0 Å². The van der Waals surface area contributed by atoms with Crippen LogP contribution in [0.1, 0.15) is 30.4 Å². The van der Waals surface area contributed by atoms with E-state index in [0.717, 1.165) is 23.2 Å². The van der Waals surface area contributed by atoms with Crippen LogP contribution < -0.4 is 16.0 Å². The highest BCUT2D eigenvalue weighted by Crippen LogP contribution is 2.27. The van der Waals surface area contributed by atoms with Gasteiger partial charge in [-0.3, -0.25) is 4.79 Å². The van der Waals surface area contributed by atoms with Crippen LogP contribution in [0.5, 0.6) is 0 Å². The lowest BCUT2D eigenvalue weighted by molar-refractivity contribution is 0.0948. The Kier molecular flexibility index (Phi) is 6.44. The fourth-order valence-corrected chi connectivity index (χ4v) is 2.99. The first kappa shape index (κ1) is 16.1. The predicted molar refractivity (Wildman–Crippen MR) is 85.4 cm³/mol. The molecule has 1 heterocycles. The Hall–Kier alpha value is -0.950. The summed E-state index contributed by atoms with van der Waals surface area (Å²) in [6.07, 6.45) is 0. The largest absolute Gasteiger partial charge is 0.382 e. The van der Waals surface area contributed by atoms with Gasteiger partial charge in [0.15, 0.2) is 5.13 Å². The molecule has 0 radical (unpaired) electrons. The maximum Gasteiger partial charge on any atom is 0.265 e. The fourth-order valence-electron chi connectivity index (χ4n) is 1.41. The summed E-state index contributed by atoms with van der Waals surface area (Å²) < 4.78 is 0. The number of nitrogens with one attached hydrogen (secondary N) is 1. The van der Waals surface area contributed by atoms with E-state index in [0.29, 0.717) is 10.7 Å². The molecular formula is C12H22N4OS2. The van der Waals surface area contributed by atoms with Crippen LogP contribution in [0.4, 0.5) is 10.9 Å². The van der Waals surface area contributed by atoms with Crippen molar-refractivity contribution in [3.63, 3.8) is 0 Å². The molecule has 1 unspecified atom stereocenters. The number of nitrogens with zero attached hydrogens (tertiary/aromatic N) is 2. The first-order chi connectivity index (χ1) is 8.99. The highest BCUT2D eigenvalue weighted by atomic mass is 32.2. The molecule has 0 saturated carbocycles. The highest BCUT2D eigenvalue weighted by Gasteiger charge is 2.19. The number of aromatic nitrogens is 1. The number of anilines is 2. The molecule has 0 aliphatic carbocycles. The van der Waals surface area contributed by atoms with Gasteiger partial charge in [-0.2, -0.15) is 11.8 Å². The minimum Gasteiger partial charge on any atom is -0.382 e. The fraction of sp³-hybridized carbons (Fsp3) is 0.667. The van der Waals surface area contributed by atoms with E-state index in [1.165, 1.54) is 11.3 Å². The molecule has 1 atom stereocenters. The first-order valence-electron chi connectivity index (χ1n) is 6.35. The average Bonchev–Trinajstić information content (AvgIpc) is 2.77. The van der Waals surface area contributed by atoms with Crippen molar-refractivity contribution < 1.29 is 4.79 Å². The zero-order chi connectivity index (χ0) is 14.4. The zero-order valence-electron chi connectivity index (χ0n) is 11.9. The Balaban J connectivity index is 2.69. The van der Waals surface area contributed by atoms with E-state index >= 15 is 0 Å². The van der Waals surface area contributed by atoms with Crippen LogP contribution in [0.2, 0.25) is 0 Å². The summed E-state index contributed by atoms with van der Waals surface area (Å²) >= 11 is 3.14. The van der Waals surface area contributed by atoms with E-state index in [-0.39, 0.29) is 11.9 Å². The number of rotatable bonds is 7. The van der Waals surface area contributed by atoms with Crippen molar-refractivity contribution in [1.29, 1.82) is 0 Å². The van der Waals surface area contributed by atoms with Crippen LogP contribution in [0.25, 0.3) is 0 Å². The van der Waals surface area contributed by atoms with Crippen LogP contribution >= 0.6 is 23.1 Å². The van der Waals surface area contributed by atoms with Gasteiger partial charge in [-0.05, 0) is 19.6 Å². The minimum atomic E-state index is -0.130. The summed E-state index contributed by atoms with van der Waals surface area (Å²) in [4.78, 5) is 18.8. The van der Waals surface area contributed by atoms with Gasteiger partial charge in [0, 0.05) is 25.4 Å². The van der Waals surface area contributed by atoms with Gasteiger partial charge in [0.1, 0.15) is 10.7 Å². The van der Waals surface area contributed by atoms with Gasteiger partial charge in [0.05, 0.1) is 0 Å². The van der Waals surface area contributed by atoms with Crippen molar-refractivity contribution in [2.24, 2.45) is 0 Å². The van der Waals surface area contributed by atoms with E-state index in [9.17, 15) is 4.79 Å². The molecule has 1 aromatic heterocycles. The van der Waals surface area contributed by atoms with Crippen LogP contribution in [0, 0.1) is 0 Å². The number of hydrogen-bond donors (Lipinski definition) is 2. The molecule has 0 aromatic carbocycles. The van der Waals surface area contributed by atoms with E-state index < -0.39 is 0 Å². The molecule has 0 bridgehead atoms. The lowest BCUT2D eigenvalue weighted by Gasteiger charge is -2.12. The second-order valence-corrected chi connectivity index (χ2v) is 6.56. The van der Waals surface area contributed by atoms with Crippen molar-refractivity contribution in [2.75, 3.05) is 35.7 Å². The number of thiazole rings is 1. The molecule has 0 saturated heterocycles. The number of carbonyl (C=O) groups is 1. The summed E-state index contributed by atoms with van der Waals surface area (Å²) in [7, 11) is 1.93. The molecule has 0 aliphatic heterocycles. The van der Waals surface area contributed by atoms with Crippen molar-refractivity contribution in [2.45, 2.75) is 26.8 Å². The van der Waals surface area contributed by atoms with Crippen molar-refractivity contribution in [3.8, 4) is 0 Å². The number of hydrogen-bond acceptors (Lipinski definition) is 6. The van der Waals surface area contributed by atoms with Gasteiger partial charge in [-0.1, -0.05) is 18.3 Å². The third-order valence-corrected chi connectivity index (χ3v) is 4.93. The minimum absolute atomic E-state index is 0.130. The molecule has 19 heavy (non-hydrogen) atoms. The molecule has 1 amide bonds. The van der Waals surface area contributed by atoms with Crippen molar-refractivity contribution in [1.82, 2.24) is 10.3 Å². The third-order valence-electron chi connectivity index (χ3n) is 2.60. The summed E-state index contributed by atoms with van der Waals surface area (Å²) in [6.45, 7) is 6.96. The number of nitrogen functional groups attached to an aromatic ring is 1. The second-order valence-electron chi connectivity index (χ2n) is 4.26. The molecule has 5 nitrogen and oxygen atoms in total. The quantitative estimate of drug-likeness (QED) is 0.806. The number of nitrogens with two attached hydrogens (primary N) is 1. The summed E-state index contributed by atoms with van der Waals surface area (Å²) in [5.41, 5.74) is 5.82. The van der Waals surface area contributed by atoms with E-state index in [1.807, 2.05) is 25.8 Å². The summed E-state index contributed by atoms with van der Waals surface area (Å²) in [5, 5.41) is 3.73. The monoisotopic (exact) mass is 302 g/mol. The van der Waals surface area contributed by atoms with Crippen LogP contribution in [0.15, 0.2) is 0 Å². The van der Waals surface area contributed by atoms with Gasteiger partial charge < -0.3 is 16.0 Å². The Morgan fingerprint density at radius 2 is 2.26 bits per heavy atom. The molecule has 1 aromatic rings. The summed E-state index contributed by atoms with van der Waals surface area (Å²) in [5.74, 6) is 2.14. The maximum atomic E-state index is 12.1. The van der Waals surface area contributed by atoms with Crippen LogP contribution in [-0.2, 0) is 0 Å². The molecule has 0 spiro atoms. The second kappa shape index (κ2) is 7.59. The van der Waals surface area contributed by atoms with Gasteiger partial charge in [0.2, 0.25) is 0 Å². The maximum absolute atomic E-state index is 12.1. The number of carbonyl (C=O) groups excluding carboxylic acids is 1. The Labute approximate surface area is 123 Å². The highest BCUT2D eigenvalue weighted by molar-refractivity contribution is 7.99. The molecule has 7 heteroatoms. The van der Waals surface area contributed by atoms with Gasteiger partial charge in [0.25, 0.3) is 5.91 Å². The molecule has 0 aliphatic rings. The van der Waals surface area contributed by atoms with E-state index in [1.54, 1.807) is 11.8 Å². The van der Waals surface area contributed by atoms with Crippen molar-refractivity contribution >= 4 is 40.0 Å². The van der Waals surface area contributed by atoms with Crippen LogP contribution in [0.3, 0.4) is 0 Å². The van der Waals surface area contributed by atoms with Gasteiger partial charge in [-0.15, -0.1) is 0 Å². The molecular weight excluding hydrogens is 280 g/mol. The topological polar surface area (TPSA) is 71.2 Å². The molecule has 1 rings (SSSR count). The van der Waals surface area contributed by atoms with Crippen molar-refractivity contribution in [3.05, 3.63) is 4.88 Å². The lowest BCUT2D eigenvalue weighted by atomic mass is 10.3. The standard InChI is InChI=1S/C12H22N4OS2/c1-5-16(4)12-15-10(13)9(19-12)11(17)14-8(3)7-18-6-2/h8H,5-7,13H2,1-4H3,(H,14,17). The summed E-state index contributed by atoms with van der Waals surface area (Å²) in [6, 6.07) is 0.131. The Morgan fingerprint density at radius 1 is 1.58 bits per heavy atom. The zero-order valence-corrected chi connectivity index (χ0v) is 13.5. The molecule has 3 N–H and O–H groups in total. The van der Waals surface area contributed by atoms with E-state index in [4.69, 9.17) is 5.73 Å². The third kappa shape index (κ3) is 4.58. The lowest BCUT2D eigenvalue weighted by Crippen LogP contribution is -2.34. The average molecular weight is 302 g/mol. The number of thioether (sulfide) groups is 1. The van der Waals surface area contributed by atoms with Crippen LogP contribution in [-0.4, -0.2) is 42.0 Å². The first-order valence-corrected chi connectivity index (χ1v) is 8.32. The smallest absolute Gasteiger partial charge is 0.265 e. The Morgan fingerprint density at radius 3 is 2.84 bits per heavy atom.